The summed E-state index contributed by atoms with van der Waals surface area (Å²) >= 11 is 0. The second-order valence-electron chi connectivity index (χ2n) is 5.33. The quantitative estimate of drug-likeness (QED) is 0.0423. The first-order valence-electron chi connectivity index (χ1n) is 6.45. The number of rotatable bonds is 11. The number of nitrogens with two attached hydrogens (primary N) is 6. The largest absolute Gasteiger partial charge is 0.312 e. The van der Waals surface area contributed by atoms with Crippen LogP contribution in [0.5, 0.6) is 0 Å². The van der Waals surface area contributed by atoms with Crippen LogP contribution in [0.2, 0.25) is 0 Å². The van der Waals surface area contributed by atoms with Crippen LogP contribution in [0, 0.1) is 0 Å². The van der Waals surface area contributed by atoms with Gasteiger partial charge in [-0.3, -0.25) is 30.0 Å². The van der Waals surface area contributed by atoms with Crippen LogP contribution in [-0.4, -0.2) is 45.9 Å². The third-order valence-corrected chi connectivity index (χ3v) is 7.90. The van der Waals surface area contributed by atoms with Gasteiger partial charge in [-0.25, -0.2) is 11.7 Å². The second kappa shape index (κ2) is 9.28. The molecule has 0 rings (SSSR count). The number of carbonyl (C=O) groups excluding carboxylic acids is 4. The molecular formula is C10H24N8O4S2. The van der Waals surface area contributed by atoms with Crippen LogP contribution >= 0.6 is 19.9 Å². The Kier molecular flexibility index (Phi) is 8.80. The molecule has 0 radical (unpaired) electrons. The van der Waals surface area contributed by atoms with E-state index >= 15 is 0 Å². The minimum absolute atomic E-state index is 0.119. The molecule has 0 unspecified atom stereocenters. The topological polar surface area (TPSA) is 248 Å². The maximum Gasteiger partial charge on any atom is 0.237 e. The van der Waals surface area contributed by atoms with Crippen LogP contribution in [-0.2, 0) is 19.2 Å². The average Bonchev–Trinajstić information content (AvgIpc) is 2.50. The summed E-state index contributed by atoms with van der Waals surface area (Å²) in [6.45, 7) is 0. The van der Waals surface area contributed by atoms with Crippen molar-refractivity contribution in [2.24, 2.45) is 34.6 Å². The van der Waals surface area contributed by atoms with Gasteiger partial charge in [-0.05, 0) is 0 Å². The summed E-state index contributed by atoms with van der Waals surface area (Å²) in [7, 11) is -1.85. The fourth-order valence-electron chi connectivity index (χ4n) is 1.63. The molecule has 2 amide bonds. The van der Waals surface area contributed by atoms with Crippen molar-refractivity contribution < 1.29 is 19.2 Å². The standard InChI is InChI=1S/C10H24N8O4S2/c11-9(12,1-7(21)17-15)3-23-24(5-19,6-20)4-10(13,14)2-8(22)18-16/h5-6H,1-4,11-16H2,(H,17,21)(H,18,22). The number of nitrogens with one attached hydrogen (secondary N) is 2. The van der Waals surface area contributed by atoms with E-state index in [0.29, 0.717) is 11.2 Å². The van der Waals surface area contributed by atoms with Gasteiger partial charge >= 0.3 is 0 Å². The maximum atomic E-state index is 11.5. The van der Waals surface area contributed by atoms with Crippen molar-refractivity contribution in [1.29, 1.82) is 0 Å². The summed E-state index contributed by atoms with van der Waals surface area (Å²) in [4.78, 5) is 45.4. The lowest BCUT2D eigenvalue weighted by Crippen LogP contribution is -2.57. The molecule has 0 saturated carbocycles. The van der Waals surface area contributed by atoms with Crippen LogP contribution < -0.4 is 45.5 Å². The molecular weight excluding hydrogens is 360 g/mol. The third kappa shape index (κ3) is 8.02. The summed E-state index contributed by atoms with van der Waals surface area (Å²) in [5.41, 5.74) is 24.5. The van der Waals surface area contributed by atoms with Gasteiger partial charge in [-0.2, -0.15) is 0 Å². The molecule has 12 nitrogen and oxygen atoms in total. The van der Waals surface area contributed by atoms with Crippen molar-refractivity contribution >= 4 is 42.9 Å². The summed E-state index contributed by atoms with van der Waals surface area (Å²) in [5, 5.41) is 0. The average molecular weight is 384 g/mol. The highest BCUT2D eigenvalue weighted by Gasteiger charge is 2.37. The first-order valence-corrected chi connectivity index (χ1v) is 9.88. The van der Waals surface area contributed by atoms with Gasteiger partial charge in [-0.15, -0.1) is 0 Å². The minimum atomic E-state index is -2.70. The van der Waals surface area contributed by atoms with Crippen LogP contribution in [0.4, 0.5) is 0 Å². The highest BCUT2D eigenvalue weighted by molar-refractivity contribution is 9.04. The Labute approximate surface area is 143 Å². The van der Waals surface area contributed by atoms with E-state index in [-0.39, 0.29) is 17.9 Å². The van der Waals surface area contributed by atoms with Gasteiger partial charge in [-0.1, -0.05) is 19.9 Å². The van der Waals surface area contributed by atoms with Crippen molar-refractivity contribution in [2.75, 3.05) is 11.5 Å². The molecule has 0 aliphatic carbocycles. The number of amides is 2. The molecule has 0 fully saturated rings. The maximum absolute atomic E-state index is 11.5. The number of hydrazine groups is 2. The van der Waals surface area contributed by atoms with E-state index in [1.54, 1.807) is 0 Å². The zero-order valence-corrected chi connectivity index (χ0v) is 14.5. The monoisotopic (exact) mass is 384 g/mol. The predicted octanol–water partition coefficient (Wildman–Crippen LogP) is -4.19. The zero-order valence-electron chi connectivity index (χ0n) is 12.9. The van der Waals surface area contributed by atoms with Crippen LogP contribution in [0.1, 0.15) is 12.8 Å². The molecule has 24 heavy (non-hydrogen) atoms. The van der Waals surface area contributed by atoms with Crippen molar-refractivity contribution in [3.05, 3.63) is 0 Å². The summed E-state index contributed by atoms with van der Waals surface area (Å²) in [5.74, 6) is 8.24. The minimum Gasteiger partial charge on any atom is -0.312 e. The SMILES string of the molecule is NNC(=O)CC(N)(N)CSS(C=O)(C=O)CC(N)(N)CC(=O)NN. The van der Waals surface area contributed by atoms with Crippen molar-refractivity contribution in [1.82, 2.24) is 10.9 Å². The molecule has 0 bridgehead atoms. The van der Waals surface area contributed by atoms with Crippen LogP contribution in [0.3, 0.4) is 0 Å². The molecule has 140 valence electrons. The van der Waals surface area contributed by atoms with Crippen molar-refractivity contribution in [3.63, 3.8) is 0 Å². The van der Waals surface area contributed by atoms with Crippen LogP contribution in [0.15, 0.2) is 0 Å². The second-order valence-corrected chi connectivity index (χ2v) is 10.7. The van der Waals surface area contributed by atoms with Crippen LogP contribution in [0.25, 0.3) is 0 Å². The first-order chi connectivity index (χ1) is 10.9. The molecule has 0 aliphatic rings. The van der Waals surface area contributed by atoms with Crippen molar-refractivity contribution in [2.45, 2.75) is 24.2 Å². The first kappa shape index (κ1) is 22.7. The van der Waals surface area contributed by atoms with E-state index in [1.165, 1.54) is 0 Å². The molecule has 0 aromatic heterocycles. The smallest absolute Gasteiger partial charge is 0.237 e. The molecule has 14 N–H and O–H groups in total. The lowest BCUT2D eigenvalue weighted by atomic mass is 10.1. The fourth-order valence-corrected chi connectivity index (χ4v) is 6.05. The zero-order chi connectivity index (χ0) is 19.0. The van der Waals surface area contributed by atoms with E-state index in [2.05, 4.69) is 0 Å². The number of hydrogen-bond acceptors (Lipinski definition) is 11. The Morgan fingerprint density at radius 2 is 1.33 bits per heavy atom. The Morgan fingerprint density at radius 3 is 1.71 bits per heavy atom. The van der Waals surface area contributed by atoms with Gasteiger partial charge in [0.1, 0.15) is 0 Å². The van der Waals surface area contributed by atoms with Gasteiger partial charge in [0.15, 0.2) is 11.2 Å². The van der Waals surface area contributed by atoms with E-state index in [4.69, 9.17) is 34.6 Å². The van der Waals surface area contributed by atoms with Gasteiger partial charge in [0, 0.05) is 11.5 Å². The molecule has 0 saturated heterocycles. The summed E-state index contributed by atoms with van der Waals surface area (Å²) in [6.07, 6.45) is -0.720. The van der Waals surface area contributed by atoms with Gasteiger partial charge in [0.25, 0.3) is 0 Å². The highest BCUT2D eigenvalue weighted by Crippen LogP contribution is 2.56. The van der Waals surface area contributed by atoms with Gasteiger partial charge in [0.05, 0.1) is 24.2 Å². The molecule has 0 atom stereocenters. The Hall–Kier alpha value is -1.26. The van der Waals surface area contributed by atoms with E-state index < -0.39 is 38.6 Å². The van der Waals surface area contributed by atoms with E-state index in [1.807, 2.05) is 10.9 Å². The Bertz CT molecular complexity index is 479. The lowest BCUT2D eigenvalue weighted by molar-refractivity contribution is -0.123. The molecule has 0 aliphatic heterocycles. The lowest BCUT2D eigenvalue weighted by Gasteiger charge is -2.36. The molecule has 0 heterocycles. The van der Waals surface area contributed by atoms with E-state index in [0.717, 1.165) is 10.8 Å². The summed E-state index contributed by atoms with van der Waals surface area (Å²) < 4.78 is 0. The van der Waals surface area contributed by atoms with Crippen molar-refractivity contribution in [3.8, 4) is 0 Å². The van der Waals surface area contributed by atoms with E-state index in [9.17, 15) is 19.2 Å². The molecule has 14 heteroatoms. The Balaban J connectivity index is 5.06. The molecule has 0 aromatic rings. The molecule has 0 spiro atoms. The number of carbonyl (C=O) groups is 4. The molecule has 0 aromatic carbocycles. The highest BCUT2D eigenvalue weighted by atomic mass is 33.2. The third-order valence-electron chi connectivity index (χ3n) is 2.67. The van der Waals surface area contributed by atoms with Gasteiger partial charge in [0.2, 0.25) is 11.8 Å². The summed E-state index contributed by atoms with van der Waals surface area (Å²) in [6, 6.07) is 0. The number of hydrogen-bond donors (Lipinski definition) is 8. The normalized spacial score (nSPS) is 13.1. The van der Waals surface area contributed by atoms with Gasteiger partial charge < -0.3 is 22.9 Å². The Morgan fingerprint density at radius 1 is 0.917 bits per heavy atom. The predicted molar refractivity (Wildman–Crippen MR) is 94.5 cm³/mol. The fraction of sp³-hybridized carbons (Fsp3) is 0.600.